The highest BCUT2D eigenvalue weighted by Crippen LogP contribution is 2.16. The van der Waals surface area contributed by atoms with E-state index in [0.29, 0.717) is 6.61 Å². The molecule has 0 spiro atoms. The highest BCUT2D eigenvalue weighted by Gasteiger charge is 2.03. The maximum absolute atomic E-state index is 13.0. The van der Waals surface area contributed by atoms with Gasteiger partial charge in [-0.3, -0.25) is 4.90 Å². The molecule has 0 aliphatic rings. The number of hydrogen-bond acceptors (Lipinski definition) is 2. The fourth-order valence-electron chi connectivity index (χ4n) is 2.41. The zero-order chi connectivity index (χ0) is 19.7. The zero-order valence-corrected chi connectivity index (χ0v) is 16.6. The van der Waals surface area contributed by atoms with E-state index in [2.05, 4.69) is 56.7 Å². The Labute approximate surface area is 162 Å². The maximum Gasteiger partial charge on any atom is 0.123 e. The Morgan fingerprint density at radius 3 is 2.52 bits per heavy atom. The van der Waals surface area contributed by atoms with E-state index in [1.807, 2.05) is 24.3 Å². The highest BCUT2D eigenvalue weighted by molar-refractivity contribution is 5.29. The molecule has 2 aromatic rings. The van der Waals surface area contributed by atoms with E-state index in [4.69, 9.17) is 4.74 Å². The minimum atomic E-state index is -0.234. The van der Waals surface area contributed by atoms with Crippen LogP contribution in [0.3, 0.4) is 0 Å². The highest BCUT2D eigenvalue weighted by atomic mass is 19.1. The second kappa shape index (κ2) is 9.94. The number of ether oxygens (including phenoxy) is 1. The van der Waals surface area contributed by atoms with Crippen LogP contribution in [0.2, 0.25) is 0 Å². The summed E-state index contributed by atoms with van der Waals surface area (Å²) in [6.07, 6.45) is 4.00. The third kappa shape index (κ3) is 8.57. The Kier molecular flexibility index (Phi) is 7.64. The summed E-state index contributed by atoms with van der Waals surface area (Å²) in [7, 11) is 2.08. The molecule has 2 rings (SSSR count). The van der Waals surface area contributed by atoms with Gasteiger partial charge in [-0.05, 0) is 69.3 Å². The van der Waals surface area contributed by atoms with E-state index < -0.39 is 0 Å². The van der Waals surface area contributed by atoms with E-state index >= 15 is 0 Å². The largest absolute Gasteiger partial charge is 0.489 e. The molecule has 0 aliphatic heterocycles. The van der Waals surface area contributed by atoms with Gasteiger partial charge in [0.15, 0.2) is 0 Å². The maximum atomic E-state index is 13.0. The molecular formula is C24H28FNO. The van der Waals surface area contributed by atoms with E-state index in [0.717, 1.165) is 24.4 Å². The molecule has 0 unspecified atom stereocenters. The topological polar surface area (TPSA) is 12.5 Å². The lowest BCUT2D eigenvalue weighted by Gasteiger charge is -2.15. The molecule has 0 saturated carbocycles. The number of benzene rings is 2. The van der Waals surface area contributed by atoms with Gasteiger partial charge in [0, 0.05) is 18.5 Å². The van der Waals surface area contributed by atoms with E-state index in [1.165, 1.54) is 17.7 Å². The van der Waals surface area contributed by atoms with Crippen LogP contribution in [0.5, 0.6) is 5.75 Å². The summed E-state index contributed by atoms with van der Waals surface area (Å²) in [6.45, 7) is 8.39. The van der Waals surface area contributed by atoms with Gasteiger partial charge in [0.1, 0.15) is 18.2 Å². The van der Waals surface area contributed by atoms with Crippen molar-refractivity contribution in [3.8, 4) is 17.6 Å². The van der Waals surface area contributed by atoms with Gasteiger partial charge in [0.2, 0.25) is 0 Å². The van der Waals surface area contributed by atoms with Gasteiger partial charge < -0.3 is 4.74 Å². The molecule has 2 nitrogen and oxygen atoms in total. The van der Waals surface area contributed by atoms with Crippen LogP contribution in [-0.2, 0) is 13.2 Å². The minimum Gasteiger partial charge on any atom is -0.489 e. The van der Waals surface area contributed by atoms with Crippen LogP contribution in [-0.4, -0.2) is 18.5 Å². The first-order valence-electron chi connectivity index (χ1n) is 9.14. The first-order valence-corrected chi connectivity index (χ1v) is 9.14. The smallest absolute Gasteiger partial charge is 0.123 e. The Hall–Kier alpha value is -2.57. The van der Waals surface area contributed by atoms with Crippen LogP contribution in [0.15, 0.2) is 60.7 Å². The van der Waals surface area contributed by atoms with Crippen LogP contribution >= 0.6 is 0 Å². The third-order valence-corrected chi connectivity index (χ3v) is 3.74. The standard InChI is InChI=1S/C24H28FNO/c1-24(2,3)15-6-5-7-16-26(4)18-21-9-8-10-23(17-21)27-19-20-11-13-22(25)14-12-20/h5,7-14,17H,16,18-19H2,1-4H3. The molecule has 0 aliphatic carbocycles. The van der Waals surface area contributed by atoms with E-state index in [9.17, 15) is 4.39 Å². The molecule has 0 fully saturated rings. The lowest BCUT2D eigenvalue weighted by atomic mass is 9.98. The first-order chi connectivity index (χ1) is 12.8. The summed E-state index contributed by atoms with van der Waals surface area (Å²) in [5.74, 6) is 6.86. The molecule has 0 N–H and O–H groups in total. The van der Waals surface area contributed by atoms with E-state index in [1.54, 1.807) is 12.1 Å². The van der Waals surface area contributed by atoms with Crippen molar-refractivity contribution in [3.63, 3.8) is 0 Å². The Morgan fingerprint density at radius 1 is 1.07 bits per heavy atom. The molecule has 27 heavy (non-hydrogen) atoms. The Morgan fingerprint density at radius 2 is 1.81 bits per heavy atom. The second-order valence-electron chi connectivity index (χ2n) is 7.68. The van der Waals surface area contributed by atoms with Gasteiger partial charge in [-0.15, -0.1) is 0 Å². The lowest BCUT2D eigenvalue weighted by Crippen LogP contribution is -2.17. The van der Waals surface area contributed by atoms with Crippen LogP contribution < -0.4 is 4.74 Å². The van der Waals surface area contributed by atoms with Gasteiger partial charge >= 0.3 is 0 Å². The van der Waals surface area contributed by atoms with Crippen molar-refractivity contribution < 1.29 is 9.13 Å². The first kappa shape index (κ1) is 20.7. The van der Waals surface area contributed by atoms with Crippen molar-refractivity contribution in [1.29, 1.82) is 0 Å². The van der Waals surface area contributed by atoms with Crippen LogP contribution in [0.1, 0.15) is 31.9 Å². The molecular weight excluding hydrogens is 337 g/mol. The number of likely N-dealkylation sites (N-methyl/N-ethyl adjacent to an activating group) is 1. The van der Waals surface area contributed by atoms with Gasteiger partial charge in [0.05, 0.1) is 0 Å². The normalized spacial score (nSPS) is 11.5. The third-order valence-electron chi connectivity index (χ3n) is 3.74. The Bertz CT molecular complexity index is 807. The van der Waals surface area contributed by atoms with E-state index in [-0.39, 0.29) is 11.2 Å². The summed E-state index contributed by atoms with van der Waals surface area (Å²) < 4.78 is 18.8. The molecule has 0 saturated heterocycles. The van der Waals surface area contributed by atoms with Gasteiger partial charge in [-0.1, -0.05) is 42.2 Å². The van der Waals surface area contributed by atoms with Gasteiger partial charge in [0.25, 0.3) is 0 Å². The summed E-state index contributed by atoms with van der Waals surface area (Å²) in [5.41, 5.74) is 2.16. The second-order valence-corrected chi connectivity index (χ2v) is 7.68. The quantitative estimate of drug-likeness (QED) is 0.606. The predicted molar refractivity (Wildman–Crippen MR) is 110 cm³/mol. The molecule has 0 atom stereocenters. The molecule has 0 heterocycles. The van der Waals surface area contributed by atoms with Crippen molar-refractivity contribution >= 4 is 0 Å². The van der Waals surface area contributed by atoms with Gasteiger partial charge in [-0.25, -0.2) is 4.39 Å². The van der Waals surface area contributed by atoms with Crippen molar-refractivity contribution in [2.24, 2.45) is 5.41 Å². The average Bonchev–Trinajstić information content (AvgIpc) is 2.60. The van der Waals surface area contributed by atoms with Crippen LogP contribution in [0, 0.1) is 23.1 Å². The number of rotatable bonds is 7. The van der Waals surface area contributed by atoms with Crippen LogP contribution in [0.4, 0.5) is 4.39 Å². The molecule has 142 valence electrons. The minimum absolute atomic E-state index is 0.0323. The number of halogens is 1. The predicted octanol–water partition coefficient (Wildman–Crippen LogP) is 5.44. The number of hydrogen-bond donors (Lipinski definition) is 0. The fourth-order valence-corrected chi connectivity index (χ4v) is 2.41. The number of allylic oxidation sites excluding steroid dienone is 1. The van der Waals surface area contributed by atoms with Crippen molar-refractivity contribution in [1.82, 2.24) is 4.90 Å². The Balaban J connectivity index is 1.84. The monoisotopic (exact) mass is 365 g/mol. The summed E-state index contributed by atoms with van der Waals surface area (Å²) in [6, 6.07) is 14.4. The molecule has 3 heteroatoms. The molecule has 0 amide bonds. The average molecular weight is 365 g/mol. The van der Waals surface area contributed by atoms with Crippen molar-refractivity contribution in [3.05, 3.63) is 77.6 Å². The lowest BCUT2D eigenvalue weighted by molar-refractivity contribution is 0.304. The van der Waals surface area contributed by atoms with Crippen molar-refractivity contribution in [2.45, 2.75) is 33.9 Å². The van der Waals surface area contributed by atoms with Gasteiger partial charge in [-0.2, -0.15) is 0 Å². The molecule has 2 aromatic carbocycles. The van der Waals surface area contributed by atoms with Crippen LogP contribution in [0.25, 0.3) is 0 Å². The zero-order valence-electron chi connectivity index (χ0n) is 16.6. The summed E-state index contributed by atoms with van der Waals surface area (Å²) in [5, 5.41) is 0. The van der Waals surface area contributed by atoms with Crippen molar-refractivity contribution in [2.75, 3.05) is 13.6 Å². The molecule has 0 radical (unpaired) electrons. The fraction of sp³-hybridized carbons (Fsp3) is 0.333. The summed E-state index contributed by atoms with van der Waals surface area (Å²) >= 11 is 0. The number of nitrogens with zero attached hydrogens (tertiary/aromatic N) is 1. The summed E-state index contributed by atoms with van der Waals surface area (Å²) in [4.78, 5) is 2.22. The SMILES string of the molecule is CN(CC=CC#CC(C)(C)C)Cc1cccc(OCc2ccc(F)cc2)c1. The molecule has 0 bridgehead atoms. The molecule has 0 aromatic heterocycles.